The average molecular weight is 232 g/mol. The summed E-state index contributed by atoms with van der Waals surface area (Å²) in [6.07, 6.45) is 0. The molecular weight excluding hydrogens is 217 g/mol. The van der Waals surface area contributed by atoms with Crippen molar-refractivity contribution in [3.8, 4) is 0 Å². The molecule has 78 valence electrons. The Kier molecular flexibility index (Phi) is 3.46. The van der Waals surface area contributed by atoms with Gasteiger partial charge in [-0.1, -0.05) is 43.1 Å². The van der Waals surface area contributed by atoms with E-state index in [1.807, 2.05) is 39.0 Å². The topological polar surface area (TPSA) is 26.0 Å². The molecular formula is C11H15Cl2N. The third-order valence-electron chi connectivity index (χ3n) is 2.75. The predicted octanol–water partition coefficient (Wildman–Crippen LogP) is 3.62. The highest BCUT2D eigenvalue weighted by atomic mass is 35.5. The minimum Gasteiger partial charge on any atom is -0.327 e. The molecule has 1 atom stereocenters. The lowest BCUT2D eigenvalue weighted by molar-refractivity contribution is 0.434. The van der Waals surface area contributed by atoms with Crippen molar-refractivity contribution < 1.29 is 0 Å². The Bertz CT molecular complexity index is 312. The second kappa shape index (κ2) is 4.09. The van der Waals surface area contributed by atoms with Gasteiger partial charge in [0.05, 0.1) is 0 Å². The first-order valence-corrected chi connectivity index (χ1v) is 5.33. The smallest absolute Gasteiger partial charge is 0.0458 e. The van der Waals surface area contributed by atoms with Gasteiger partial charge < -0.3 is 5.73 Å². The van der Waals surface area contributed by atoms with Crippen LogP contribution in [0.5, 0.6) is 0 Å². The summed E-state index contributed by atoms with van der Waals surface area (Å²) in [5, 5.41) is 1.36. The first-order chi connectivity index (χ1) is 6.37. The number of hydrogen-bond donors (Lipinski definition) is 1. The van der Waals surface area contributed by atoms with Crippen molar-refractivity contribution in [1.29, 1.82) is 0 Å². The number of hydrogen-bond acceptors (Lipinski definition) is 1. The number of benzene rings is 1. The van der Waals surface area contributed by atoms with Crippen LogP contribution in [0.15, 0.2) is 18.2 Å². The predicted molar refractivity (Wildman–Crippen MR) is 63.1 cm³/mol. The van der Waals surface area contributed by atoms with E-state index in [1.165, 1.54) is 0 Å². The lowest BCUT2D eigenvalue weighted by atomic mass is 9.79. The van der Waals surface area contributed by atoms with Crippen molar-refractivity contribution >= 4 is 23.2 Å². The maximum absolute atomic E-state index is 6.12. The fourth-order valence-electron chi connectivity index (χ4n) is 1.34. The molecule has 1 nitrogen and oxygen atoms in total. The Morgan fingerprint density at radius 1 is 1.21 bits per heavy atom. The van der Waals surface area contributed by atoms with Gasteiger partial charge in [0, 0.05) is 21.5 Å². The Hall–Kier alpha value is -0.240. The maximum Gasteiger partial charge on any atom is 0.0458 e. The zero-order valence-corrected chi connectivity index (χ0v) is 10.2. The Morgan fingerprint density at radius 2 is 1.64 bits per heavy atom. The van der Waals surface area contributed by atoms with Gasteiger partial charge in [0.25, 0.3) is 0 Å². The summed E-state index contributed by atoms with van der Waals surface area (Å²) in [5.41, 5.74) is 6.64. The molecule has 3 heteroatoms. The van der Waals surface area contributed by atoms with Crippen LogP contribution in [0.1, 0.15) is 26.3 Å². The maximum atomic E-state index is 6.12. The molecule has 0 aliphatic rings. The third kappa shape index (κ3) is 2.05. The molecule has 1 aromatic carbocycles. The summed E-state index contributed by atoms with van der Waals surface area (Å²) in [4.78, 5) is 0. The van der Waals surface area contributed by atoms with Crippen molar-refractivity contribution in [2.75, 3.05) is 0 Å². The van der Waals surface area contributed by atoms with Crippen LogP contribution in [-0.4, -0.2) is 6.04 Å². The molecule has 2 N–H and O–H groups in total. The van der Waals surface area contributed by atoms with Crippen LogP contribution in [0.25, 0.3) is 0 Å². The molecule has 0 aliphatic carbocycles. The summed E-state index contributed by atoms with van der Waals surface area (Å²) in [6, 6.07) is 5.52. The molecule has 0 aromatic heterocycles. The normalized spacial score (nSPS) is 14.1. The van der Waals surface area contributed by atoms with E-state index >= 15 is 0 Å². The van der Waals surface area contributed by atoms with Crippen LogP contribution >= 0.6 is 23.2 Å². The molecule has 14 heavy (non-hydrogen) atoms. The van der Waals surface area contributed by atoms with E-state index in [9.17, 15) is 0 Å². The van der Waals surface area contributed by atoms with Gasteiger partial charge in [0.2, 0.25) is 0 Å². The van der Waals surface area contributed by atoms with E-state index in [4.69, 9.17) is 28.9 Å². The van der Waals surface area contributed by atoms with Gasteiger partial charge in [0.15, 0.2) is 0 Å². The SMILES string of the molecule is CC(N)C(C)(C)c1c(Cl)cccc1Cl. The Balaban J connectivity index is 3.31. The van der Waals surface area contributed by atoms with E-state index in [0.29, 0.717) is 10.0 Å². The lowest BCUT2D eigenvalue weighted by Gasteiger charge is -2.31. The number of rotatable bonds is 2. The highest BCUT2D eigenvalue weighted by Gasteiger charge is 2.29. The van der Waals surface area contributed by atoms with Gasteiger partial charge in [0.1, 0.15) is 0 Å². The van der Waals surface area contributed by atoms with Gasteiger partial charge in [-0.3, -0.25) is 0 Å². The van der Waals surface area contributed by atoms with Crippen LogP contribution in [-0.2, 0) is 5.41 Å². The monoisotopic (exact) mass is 231 g/mol. The molecule has 1 unspecified atom stereocenters. The molecule has 0 bridgehead atoms. The van der Waals surface area contributed by atoms with Crippen molar-refractivity contribution in [2.24, 2.45) is 5.73 Å². The van der Waals surface area contributed by atoms with Crippen molar-refractivity contribution in [1.82, 2.24) is 0 Å². The van der Waals surface area contributed by atoms with Gasteiger partial charge in [-0.25, -0.2) is 0 Å². The highest BCUT2D eigenvalue weighted by Crippen LogP contribution is 2.36. The molecule has 0 radical (unpaired) electrons. The fraction of sp³-hybridized carbons (Fsp3) is 0.455. The van der Waals surface area contributed by atoms with Crippen molar-refractivity contribution in [2.45, 2.75) is 32.2 Å². The summed E-state index contributed by atoms with van der Waals surface area (Å²) >= 11 is 12.2. The zero-order chi connectivity index (χ0) is 10.9. The van der Waals surface area contributed by atoms with Gasteiger partial charge in [-0.2, -0.15) is 0 Å². The van der Waals surface area contributed by atoms with E-state index in [2.05, 4.69) is 0 Å². The van der Waals surface area contributed by atoms with Crippen LogP contribution in [0.3, 0.4) is 0 Å². The molecule has 0 spiro atoms. The summed E-state index contributed by atoms with van der Waals surface area (Å²) in [7, 11) is 0. The Labute approximate surface area is 95.2 Å². The first-order valence-electron chi connectivity index (χ1n) is 4.57. The van der Waals surface area contributed by atoms with E-state index in [-0.39, 0.29) is 11.5 Å². The summed E-state index contributed by atoms with van der Waals surface area (Å²) in [5.74, 6) is 0. The van der Waals surface area contributed by atoms with E-state index in [0.717, 1.165) is 5.56 Å². The Morgan fingerprint density at radius 3 is 2.00 bits per heavy atom. The highest BCUT2D eigenvalue weighted by molar-refractivity contribution is 6.36. The van der Waals surface area contributed by atoms with Gasteiger partial charge in [-0.15, -0.1) is 0 Å². The first kappa shape index (κ1) is 11.8. The second-order valence-electron chi connectivity index (χ2n) is 4.11. The van der Waals surface area contributed by atoms with Crippen LogP contribution < -0.4 is 5.73 Å². The molecule has 0 saturated heterocycles. The number of nitrogens with two attached hydrogens (primary N) is 1. The minimum absolute atomic E-state index is 0.0000926. The van der Waals surface area contributed by atoms with Gasteiger partial charge in [-0.05, 0) is 24.6 Å². The summed E-state index contributed by atoms with van der Waals surface area (Å²) < 4.78 is 0. The largest absolute Gasteiger partial charge is 0.327 e. The van der Waals surface area contributed by atoms with E-state index in [1.54, 1.807) is 0 Å². The van der Waals surface area contributed by atoms with E-state index < -0.39 is 0 Å². The quantitative estimate of drug-likeness (QED) is 0.827. The van der Waals surface area contributed by atoms with Crippen molar-refractivity contribution in [3.05, 3.63) is 33.8 Å². The lowest BCUT2D eigenvalue weighted by Crippen LogP contribution is -2.38. The zero-order valence-electron chi connectivity index (χ0n) is 8.64. The van der Waals surface area contributed by atoms with Crippen molar-refractivity contribution in [3.63, 3.8) is 0 Å². The second-order valence-corrected chi connectivity index (χ2v) is 4.92. The van der Waals surface area contributed by atoms with Crippen LogP contribution in [0, 0.1) is 0 Å². The van der Waals surface area contributed by atoms with Crippen LogP contribution in [0.2, 0.25) is 10.0 Å². The third-order valence-corrected chi connectivity index (χ3v) is 3.38. The molecule has 0 heterocycles. The van der Waals surface area contributed by atoms with Gasteiger partial charge >= 0.3 is 0 Å². The molecule has 0 fully saturated rings. The van der Waals surface area contributed by atoms with Crippen LogP contribution in [0.4, 0.5) is 0 Å². The molecule has 0 amide bonds. The standard InChI is InChI=1S/C11H15Cl2N/c1-7(14)11(2,3)10-8(12)5-4-6-9(10)13/h4-7H,14H2,1-3H3. The molecule has 0 aliphatic heterocycles. The fourth-order valence-corrected chi connectivity index (χ4v) is 2.23. The number of halogens is 2. The molecule has 1 aromatic rings. The molecule has 0 saturated carbocycles. The average Bonchev–Trinajstić information content (AvgIpc) is 2.02. The summed E-state index contributed by atoms with van der Waals surface area (Å²) in [6.45, 7) is 6.05. The molecule has 1 rings (SSSR count). The minimum atomic E-state index is -0.213.